The van der Waals surface area contributed by atoms with Gasteiger partial charge in [-0.2, -0.15) is 16.4 Å². The van der Waals surface area contributed by atoms with Gasteiger partial charge in [-0.1, -0.05) is 0 Å². The Morgan fingerprint density at radius 1 is 1.42 bits per heavy atom. The first-order chi connectivity index (χ1) is 11.8. The Kier molecular flexibility index (Phi) is 4.44. The smallest absolute Gasteiger partial charge is 0.227 e. The summed E-state index contributed by atoms with van der Waals surface area (Å²) >= 11 is 1.66. The van der Waals surface area contributed by atoms with E-state index in [-0.39, 0.29) is 0 Å². The van der Waals surface area contributed by atoms with Crippen molar-refractivity contribution in [2.24, 2.45) is 5.92 Å². The monoisotopic (exact) mass is 343 g/mol. The normalized spacial score (nSPS) is 19.0. The number of thiophene rings is 1. The van der Waals surface area contributed by atoms with Crippen molar-refractivity contribution in [3.63, 3.8) is 0 Å². The molecule has 0 amide bonds. The Bertz CT molecular complexity index is 765. The summed E-state index contributed by atoms with van der Waals surface area (Å²) in [6, 6.07) is 2.05. The molecule has 3 aromatic heterocycles. The summed E-state index contributed by atoms with van der Waals surface area (Å²) in [5.74, 6) is 2.28. The molecule has 0 spiro atoms. The third-order valence-corrected chi connectivity index (χ3v) is 5.23. The van der Waals surface area contributed by atoms with Gasteiger partial charge >= 0.3 is 0 Å². The van der Waals surface area contributed by atoms with Crippen LogP contribution in [0.1, 0.15) is 24.3 Å². The van der Waals surface area contributed by atoms with Gasteiger partial charge in [0.05, 0.1) is 5.69 Å². The Hall–Kier alpha value is -1.99. The van der Waals surface area contributed by atoms with Crippen molar-refractivity contribution in [2.45, 2.75) is 32.9 Å². The molecule has 126 valence electrons. The molecular weight excluding hydrogens is 322 g/mol. The van der Waals surface area contributed by atoms with E-state index in [4.69, 9.17) is 9.40 Å². The zero-order valence-electron chi connectivity index (χ0n) is 13.8. The summed E-state index contributed by atoms with van der Waals surface area (Å²) in [6.45, 7) is 5.99. The van der Waals surface area contributed by atoms with Crippen molar-refractivity contribution >= 4 is 11.3 Å². The van der Waals surface area contributed by atoms with E-state index < -0.39 is 0 Å². The predicted molar refractivity (Wildman–Crippen MR) is 92.6 cm³/mol. The number of nitrogens with zero attached hydrogens (tertiary/aromatic N) is 5. The summed E-state index contributed by atoms with van der Waals surface area (Å²) in [4.78, 5) is 11.2. The molecule has 6 nitrogen and oxygen atoms in total. The molecule has 1 aliphatic heterocycles. The van der Waals surface area contributed by atoms with Gasteiger partial charge < -0.3 is 4.42 Å². The minimum Gasteiger partial charge on any atom is -0.441 e. The summed E-state index contributed by atoms with van der Waals surface area (Å²) in [7, 11) is 0. The van der Waals surface area contributed by atoms with Crippen LogP contribution in [0.3, 0.4) is 0 Å². The molecule has 3 aromatic rings. The molecule has 0 bridgehead atoms. The lowest BCUT2D eigenvalue weighted by atomic mass is 9.98. The highest BCUT2D eigenvalue weighted by Crippen LogP contribution is 2.26. The topological polar surface area (TPSA) is 60.0 Å². The average Bonchev–Trinajstić information content (AvgIpc) is 3.31. The Labute approximate surface area is 145 Å². The number of hydrogen-bond donors (Lipinski definition) is 0. The standard InChI is InChI=1S/C17H21N5OS/c1-13-16(20-17(23-13)15-4-6-24-10-15)9-21-5-2-3-14(7-21)8-22-12-18-11-19-22/h4,6,10-12,14H,2-3,5,7-9H2,1H3/t14-/m1/s1. The summed E-state index contributed by atoms with van der Waals surface area (Å²) in [6.07, 6.45) is 5.86. The van der Waals surface area contributed by atoms with Gasteiger partial charge in [-0.05, 0) is 43.7 Å². The number of hydrogen-bond acceptors (Lipinski definition) is 6. The molecule has 0 radical (unpaired) electrons. The maximum atomic E-state index is 5.86. The molecule has 4 heterocycles. The Balaban J connectivity index is 1.41. The minimum absolute atomic E-state index is 0.615. The molecule has 1 aliphatic rings. The van der Waals surface area contributed by atoms with E-state index in [9.17, 15) is 0 Å². The zero-order valence-corrected chi connectivity index (χ0v) is 14.6. The molecule has 0 saturated carbocycles. The van der Waals surface area contributed by atoms with Crippen molar-refractivity contribution in [2.75, 3.05) is 13.1 Å². The van der Waals surface area contributed by atoms with Crippen LogP contribution >= 0.6 is 11.3 Å². The summed E-state index contributed by atoms with van der Waals surface area (Å²) < 4.78 is 7.79. The van der Waals surface area contributed by atoms with Crippen molar-refractivity contribution in [1.82, 2.24) is 24.6 Å². The second kappa shape index (κ2) is 6.86. The molecule has 1 fully saturated rings. The molecule has 0 N–H and O–H groups in total. The SMILES string of the molecule is Cc1oc(-c2ccsc2)nc1CN1CCC[C@@H](Cn2cncn2)C1. The minimum atomic E-state index is 0.615. The van der Waals surface area contributed by atoms with Gasteiger partial charge in [0.25, 0.3) is 0 Å². The Morgan fingerprint density at radius 2 is 2.38 bits per heavy atom. The predicted octanol–water partition coefficient (Wildman–Crippen LogP) is 3.22. The highest BCUT2D eigenvalue weighted by Gasteiger charge is 2.22. The van der Waals surface area contributed by atoms with Crippen LogP contribution < -0.4 is 0 Å². The lowest BCUT2D eigenvalue weighted by Crippen LogP contribution is -2.36. The number of oxazole rings is 1. The number of aromatic nitrogens is 4. The number of likely N-dealkylation sites (tertiary alicyclic amines) is 1. The van der Waals surface area contributed by atoms with Gasteiger partial charge in [0, 0.05) is 30.6 Å². The molecule has 24 heavy (non-hydrogen) atoms. The van der Waals surface area contributed by atoms with Crippen LogP contribution in [0.25, 0.3) is 11.5 Å². The van der Waals surface area contributed by atoms with Crippen LogP contribution in [0.15, 0.2) is 33.9 Å². The molecule has 0 aromatic carbocycles. The Morgan fingerprint density at radius 3 is 3.17 bits per heavy atom. The van der Waals surface area contributed by atoms with E-state index in [1.54, 1.807) is 24.0 Å². The number of aryl methyl sites for hydroxylation is 1. The fraction of sp³-hybridized carbons (Fsp3) is 0.471. The zero-order chi connectivity index (χ0) is 16.4. The van der Waals surface area contributed by atoms with E-state index in [0.29, 0.717) is 5.92 Å². The largest absolute Gasteiger partial charge is 0.441 e. The third kappa shape index (κ3) is 3.42. The van der Waals surface area contributed by atoms with Crippen LogP contribution in [0.2, 0.25) is 0 Å². The van der Waals surface area contributed by atoms with E-state index >= 15 is 0 Å². The van der Waals surface area contributed by atoms with E-state index in [2.05, 4.69) is 26.4 Å². The molecular formula is C17H21N5OS. The van der Waals surface area contributed by atoms with E-state index in [0.717, 1.165) is 49.1 Å². The van der Waals surface area contributed by atoms with Gasteiger partial charge in [-0.3, -0.25) is 9.58 Å². The lowest BCUT2D eigenvalue weighted by Gasteiger charge is -2.32. The maximum Gasteiger partial charge on any atom is 0.227 e. The van der Waals surface area contributed by atoms with Crippen LogP contribution in [0, 0.1) is 12.8 Å². The quantitative estimate of drug-likeness (QED) is 0.712. The van der Waals surface area contributed by atoms with Gasteiger partial charge in [0.15, 0.2) is 0 Å². The first-order valence-corrected chi connectivity index (χ1v) is 9.26. The second-order valence-corrected chi connectivity index (χ2v) is 7.17. The molecule has 0 unspecified atom stereocenters. The van der Waals surface area contributed by atoms with E-state index in [1.807, 2.05) is 17.0 Å². The molecule has 1 saturated heterocycles. The molecule has 0 aliphatic carbocycles. The summed E-state index contributed by atoms with van der Waals surface area (Å²) in [5.41, 5.74) is 2.12. The fourth-order valence-corrected chi connectivity index (χ4v) is 3.96. The number of piperidine rings is 1. The third-order valence-electron chi connectivity index (χ3n) is 4.55. The van der Waals surface area contributed by atoms with Crippen LogP contribution in [-0.2, 0) is 13.1 Å². The first kappa shape index (κ1) is 15.5. The van der Waals surface area contributed by atoms with E-state index in [1.165, 1.54) is 12.8 Å². The second-order valence-electron chi connectivity index (χ2n) is 6.39. The van der Waals surface area contributed by atoms with Gasteiger partial charge in [-0.25, -0.2) is 9.97 Å². The lowest BCUT2D eigenvalue weighted by molar-refractivity contribution is 0.151. The van der Waals surface area contributed by atoms with Crippen LogP contribution in [0.5, 0.6) is 0 Å². The molecule has 1 atom stereocenters. The average molecular weight is 343 g/mol. The molecule has 4 rings (SSSR count). The molecule has 7 heteroatoms. The van der Waals surface area contributed by atoms with Crippen molar-refractivity contribution in [1.29, 1.82) is 0 Å². The number of rotatable bonds is 5. The first-order valence-electron chi connectivity index (χ1n) is 8.31. The van der Waals surface area contributed by atoms with Gasteiger partial charge in [0.2, 0.25) is 5.89 Å². The van der Waals surface area contributed by atoms with Crippen molar-refractivity contribution in [3.8, 4) is 11.5 Å². The van der Waals surface area contributed by atoms with Crippen LogP contribution in [-0.4, -0.2) is 37.7 Å². The van der Waals surface area contributed by atoms with Gasteiger partial charge in [0.1, 0.15) is 18.4 Å². The maximum absolute atomic E-state index is 5.86. The van der Waals surface area contributed by atoms with Crippen molar-refractivity contribution in [3.05, 3.63) is 40.9 Å². The fourth-order valence-electron chi connectivity index (χ4n) is 3.33. The highest BCUT2D eigenvalue weighted by molar-refractivity contribution is 7.08. The van der Waals surface area contributed by atoms with Gasteiger partial charge in [-0.15, -0.1) is 0 Å². The highest BCUT2D eigenvalue weighted by atomic mass is 32.1. The van der Waals surface area contributed by atoms with Crippen LogP contribution in [0.4, 0.5) is 0 Å². The summed E-state index contributed by atoms with van der Waals surface area (Å²) in [5, 5.41) is 8.35. The van der Waals surface area contributed by atoms with Crippen molar-refractivity contribution < 1.29 is 4.42 Å².